The molecule has 0 saturated carbocycles. The summed E-state index contributed by atoms with van der Waals surface area (Å²) in [5.74, 6) is 0. The highest BCUT2D eigenvalue weighted by Crippen LogP contribution is 2.39. The van der Waals surface area contributed by atoms with Crippen LogP contribution in [-0.4, -0.2) is 9.97 Å². The van der Waals surface area contributed by atoms with E-state index in [1.165, 1.54) is 25.6 Å². The Morgan fingerprint density at radius 3 is 2.30 bits per heavy atom. The van der Waals surface area contributed by atoms with E-state index in [-0.39, 0.29) is 0 Å². The van der Waals surface area contributed by atoms with Crippen LogP contribution < -0.4 is 0 Å². The Bertz CT molecular complexity index is 1170. The molecule has 0 spiro atoms. The summed E-state index contributed by atoms with van der Waals surface area (Å²) >= 11 is 1.79. The molecule has 2 aromatic carbocycles. The van der Waals surface area contributed by atoms with E-state index in [4.69, 9.17) is 0 Å². The van der Waals surface area contributed by atoms with Crippen molar-refractivity contribution in [2.45, 2.75) is 0 Å². The van der Waals surface area contributed by atoms with Crippen molar-refractivity contribution in [2.24, 2.45) is 0 Å². The zero-order valence-electron chi connectivity index (χ0n) is 12.2. The number of benzene rings is 2. The van der Waals surface area contributed by atoms with E-state index < -0.39 is 0 Å². The minimum atomic E-state index is 0.959. The highest BCUT2D eigenvalue weighted by atomic mass is 32.1. The first-order valence-electron chi connectivity index (χ1n) is 7.52. The number of thiophene rings is 1. The van der Waals surface area contributed by atoms with Gasteiger partial charge >= 0.3 is 0 Å². The normalized spacial score (nSPS) is 11.5. The molecule has 0 unspecified atom stereocenters. The van der Waals surface area contributed by atoms with Gasteiger partial charge in [0.05, 0.1) is 10.4 Å². The lowest BCUT2D eigenvalue weighted by atomic mass is 10.1. The van der Waals surface area contributed by atoms with Crippen LogP contribution in [0.15, 0.2) is 73.1 Å². The molecule has 3 heterocycles. The van der Waals surface area contributed by atoms with Gasteiger partial charge in [0.2, 0.25) is 0 Å². The molecular weight excluding hydrogens is 300 g/mol. The first kappa shape index (κ1) is 12.7. The first-order chi connectivity index (χ1) is 11.4. The van der Waals surface area contributed by atoms with Crippen LogP contribution in [0.1, 0.15) is 0 Å². The standard InChI is InChI=1S/C20H12N2S/c1-2-6-14-13(5-1)9-11-21-18(14)19-20-16(10-12-22-19)15-7-3-4-8-17(15)23-20/h1-12H. The lowest BCUT2D eigenvalue weighted by Gasteiger charge is -2.05. The molecule has 0 aliphatic heterocycles. The highest BCUT2D eigenvalue weighted by Gasteiger charge is 2.14. The van der Waals surface area contributed by atoms with Crippen LogP contribution >= 0.6 is 11.3 Å². The molecule has 0 bridgehead atoms. The van der Waals surface area contributed by atoms with Gasteiger partial charge in [0, 0.05) is 33.3 Å². The Labute approximate surface area is 137 Å². The van der Waals surface area contributed by atoms with Gasteiger partial charge in [0.15, 0.2) is 0 Å². The molecule has 108 valence electrons. The number of nitrogens with zero attached hydrogens (tertiary/aromatic N) is 2. The second-order valence-electron chi connectivity index (χ2n) is 5.52. The summed E-state index contributed by atoms with van der Waals surface area (Å²) in [6, 6.07) is 21.0. The Morgan fingerprint density at radius 2 is 1.35 bits per heavy atom. The number of rotatable bonds is 1. The van der Waals surface area contributed by atoms with Gasteiger partial charge in [-0.15, -0.1) is 11.3 Å². The van der Waals surface area contributed by atoms with Crippen LogP contribution in [-0.2, 0) is 0 Å². The van der Waals surface area contributed by atoms with Crippen molar-refractivity contribution in [3.63, 3.8) is 0 Å². The third-order valence-corrected chi connectivity index (χ3v) is 5.39. The third-order valence-electron chi connectivity index (χ3n) is 4.19. The van der Waals surface area contributed by atoms with Crippen molar-refractivity contribution in [3.8, 4) is 11.4 Å². The fourth-order valence-electron chi connectivity index (χ4n) is 3.13. The van der Waals surface area contributed by atoms with Crippen LogP contribution in [0.3, 0.4) is 0 Å². The number of hydrogen-bond donors (Lipinski definition) is 0. The van der Waals surface area contributed by atoms with E-state index >= 15 is 0 Å². The van der Waals surface area contributed by atoms with Crippen LogP contribution in [0, 0.1) is 0 Å². The molecule has 5 rings (SSSR count). The molecule has 0 fully saturated rings. The maximum Gasteiger partial charge on any atom is 0.107 e. The number of aromatic nitrogens is 2. The molecule has 5 aromatic rings. The fourth-order valence-corrected chi connectivity index (χ4v) is 4.32. The summed E-state index contributed by atoms with van der Waals surface area (Å²) in [7, 11) is 0. The third kappa shape index (κ3) is 1.87. The predicted molar refractivity (Wildman–Crippen MR) is 97.9 cm³/mol. The summed E-state index contributed by atoms with van der Waals surface area (Å²) in [5.41, 5.74) is 1.93. The SMILES string of the molecule is c1ccc2c(-c3nccc4c3sc3ccccc34)nccc2c1. The van der Waals surface area contributed by atoms with Gasteiger partial charge in [-0.3, -0.25) is 9.97 Å². The molecule has 0 atom stereocenters. The molecule has 0 aliphatic rings. The molecule has 2 nitrogen and oxygen atoms in total. The molecule has 0 aliphatic carbocycles. The van der Waals surface area contributed by atoms with Gasteiger partial charge in [-0.05, 0) is 23.6 Å². The van der Waals surface area contributed by atoms with Gasteiger partial charge in [-0.2, -0.15) is 0 Å². The number of pyridine rings is 2. The molecule has 23 heavy (non-hydrogen) atoms. The van der Waals surface area contributed by atoms with Crippen molar-refractivity contribution >= 4 is 42.3 Å². The first-order valence-corrected chi connectivity index (χ1v) is 8.34. The van der Waals surface area contributed by atoms with Gasteiger partial charge in [0.25, 0.3) is 0 Å². The molecular formula is C20H12N2S. The average molecular weight is 312 g/mol. The molecule has 0 radical (unpaired) electrons. The second-order valence-corrected chi connectivity index (χ2v) is 6.57. The smallest absolute Gasteiger partial charge is 0.107 e. The maximum atomic E-state index is 4.67. The number of fused-ring (bicyclic) bond motifs is 4. The van der Waals surface area contributed by atoms with Crippen molar-refractivity contribution in [1.29, 1.82) is 0 Å². The molecule has 0 saturated heterocycles. The minimum Gasteiger partial charge on any atom is -0.254 e. The highest BCUT2D eigenvalue weighted by molar-refractivity contribution is 7.26. The number of hydrogen-bond acceptors (Lipinski definition) is 3. The Hall–Kier alpha value is -2.78. The van der Waals surface area contributed by atoms with E-state index in [2.05, 4.69) is 64.6 Å². The lowest BCUT2D eigenvalue weighted by molar-refractivity contribution is 1.29. The minimum absolute atomic E-state index is 0.959. The Morgan fingerprint density at radius 1 is 0.609 bits per heavy atom. The van der Waals surface area contributed by atoms with Crippen LogP contribution in [0.25, 0.3) is 42.3 Å². The van der Waals surface area contributed by atoms with Gasteiger partial charge in [-0.25, -0.2) is 0 Å². The predicted octanol–water partition coefficient (Wildman–Crippen LogP) is 5.66. The van der Waals surface area contributed by atoms with Gasteiger partial charge < -0.3 is 0 Å². The van der Waals surface area contributed by atoms with Crippen molar-refractivity contribution in [2.75, 3.05) is 0 Å². The molecule has 0 amide bonds. The average Bonchev–Trinajstić information content (AvgIpc) is 3.00. The maximum absolute atomic E-state index is 4.67. The van der Waals surface area contributed by atoms with Crippen LogP contribution in [0.2, 0.25) is 0 Å². The zero-order chi connectivity index (χ0) is 15.2. The molecule has 3 heteroatoms. The molecule has 0 N–H and O–H groups in total. The largest absolute Gasteiger partial charge is 0.254 e. The topological polar surface area (TPSA) is 25.8 Å². The van der Waals surface area contributed by atoms with Crippen molar-refractivity contribution < 1.29 is 0 Å². The monoisotopic (exact) mass is 312 g/mol. The second kappa shape index (κ2) is 4.86. The van der Waals surface area contributed by atoms with Gasteiger partial charge in [0.1, 0.15) is 5.69 Å². The molecule has 3 aromatic heterocycles. The lowest BCUT2D eigenvalue weighted by Crippen LogP contribution is -1.89. The van der Waals surface area contributed by atoms with Crippen LogP contribution in [0.5, 0.6) is 0 Å². The summed E-state index contributed by atoms with van der Waals surface area (Å²) in [4.78, 5) is 9.31. The Kier molecular flexibility index (Phi) is 2.69. The van der Waals surface area contributed by atoms with E-state index in [9.17, 15) is 0 Å². The quantitative estimate of drug-likeness (QED) is 0.399. The Balaban J connectivity index is 1.93. The summed E-state index contributed by atoms with van der Waals surface area (Å²) in [6.07, 6.45) is 3.76. The summed E-state index contributed by atoms with van der Waals surface area (Å²) in [5, 5.41) is 4.88. The van der Waals surface area contributed by atoms with E-state index in [0.29, 0.717) is 0 Å². The van der Waals surface area contributed by atoms with Crippen LogP contribution in [0.4, 0.5) is 0 Å². The summed E-state index contributed by atoms with van der Waals surface area (Å²) in [6.45, 7) is 0. The van der Waals surface area contributed by atoms with E-state index in [1.807, 2.05) is 18.5 Å². The van der Waals surface area contributed by atoms with Gasteiger partial charge in [-0.1, -0.05) is 42.5 Å². The van der Waals surface area contributed by atoms with E-state index in [0.717, 1.165) is 16.8 Å². The summed E-state index contributed by atoms with van der Waals surface area (Å²) < 4.78 is 2.49. The van der Waals surface area contributed by atoms with Crippen molar-refractivity contribution in [3.05, 3.63) is 73.1 Å². The zero-order valence-corrected chi connectivity index (χ0v) is 13.0. The van der Waals surface area contributed by atoms with E-state index in [1.54, 1.807) is 11.3 Å². The van der Waals surface area contributed by atoms with Crippen molar-refractivity contribution in [1.82, 2.24) is 9.97 Å². The fraction of sp³-hybridized carbons (Fsp3) is 0.